The lowest BCUT2D eigenvalue weighted by Gasteiger charge is -2.34. The van der Waals surface area contributed by atoms with Gasteiger partial charge in [-0.1, -0.05) is 42.3 Å². The van der Waals surface area contributed by atoms with Crippen molar-refractivity contribution in [2.24, 2.45) is 0 Å². The average Bonchev–Trinajstić information content (AvgIpc) is 2.88. The molecule has 8 heteroatoms. The van der Waals surface area contributed by atoms with Gasteiger partial charge in [0.05, 0.1) is 21.6 Å². The van der Waals surface area contributed by atoms with Gasteiger partial charge in [0.25, 0.3) is 11.8 Å². The molecule has 1 fully saturated rings. The van der Waals surface area contributed by atoms with Crippen LogP contribution in [0.5, 0.6) is 11.5 Å². The van der Waals surface area contributed by atoms with Gasteiger partial charge in [0.1, 0.15) is 12.2 Å². The van der Waals surface area contributed by atoms with E-state index in [-0.39, 0.29) is 12.2 Å². The van der Waals surface area contributed by atoms with Crippen LogP contribution in [-0.2, 0) is 9.59 Å². The zero-order valence-electron chi connectivity index (χ0n) is 19.3. The molecule has 3 aromatic carbocycles. The standard InChI is InChI=1S/C28H21IN2O5/c1-3-15-36-25-23(29)17-19(18-24(25)35-4-2)16-22-26(32)30(20-11-7-5-8-12-20)28(34)31(27(22)33)21-13-9-6-10-14-21/h1,5-14,16-18H,4,15H2,2H3. The molecule has 180 valence electrons. The van der Waals surface area contributed by atoms with Gasteiger partial charge in [0.2, 0.25) is 0 Å². The zero-order valence-corrected chi connectivity index (χ0v) is 21.5. The molecule has 0 bridgehead atoms. The van der Waals surface area contributed by atoms with Gasteiger partial charge >= 0.3 is 6.03 Å². The molecule has 3 aromatic rings. The Morgan fingerprint density at radius 2 is 1.44 bits per heavy atom. The van der Waals surface area contributed by atoms with Crippen molar-refractivity contribution in [2.75, 3.05) is 23.0 Å². The number of imide groups is 2. The van der Waals surface area contributed by atoms with E-state index < -0.39 is 17.8 Å². The summed E-state index contributed by atoms with van der Waals surface area (Å²) in [4.78, 5) is 42.5. The van der Waals surface area contributed by atoms with Crippen LogP contribution in [0.3, 0.4) is 0 Å². The molecule has 0 aromatic heterocycles. The van der Waals surface area contributed by atoms with Crippen molar-refractivity contribution in [1.82, 2.24) is 0 Å². The number of halogens is 1. The molecule has 7 nitrogen and oxygen atoms in total. The van der Waals surface area contributed by atoms with Gasteiger partial charge in [0.15, 0.2) is 11.5 Å². The number of nitrogens with zero attached hydrogens (tertiary/aromatic N) is 2. The van der Waals surface area contributed by atoms with Gasteiger partial charge in [-0.3, -0.25) is 9.59 Å². The summed E-state index contributed by atoms with van der Waals surface area (Å²) in [6.45, 7) is 2.27. The first-order valence-corrected chi connectivity index (χ1v) is 12.1. The first-order chi connectivity index (χ1) is 17.5. The summed E-state index contributed by atoms with van der Waals surface area (Å²) in [7, 11) is 0. The number of hydrogen-bond acceptors (Lipinski definition) is 5. The van der Waals surface area contributed by atoms with E-state index in [0.717, 1.165) is 9.80 Å². The summed E-state index contributed by atoms with van der Waals surface area (Å²) in [6, 6.07) is 19.6. The fourth-order valence-corrected chi connectivity index (χ4v) is 4.47. The Bertz CT molecular complexity index is 1320. The maximum atomic E-state index is 13.5. The minimum absolute atomic E-state index is 0.0632. The molecule has 1 aliphatic heterocycles. The highest BCUT2D eigenvalue weighted by Gasteiger charge is 2.43. The minimum atomic E-state index is -0.748. The molecule has 4 rings (SSSR count). The van der Waals surface area contributed by atoms with E-state index >= 15 is 0 Å². The highest BCUT2D eigenvalue weighted by atomic mass is 127. The van der Waals surface area contributed by atoms with Gasteiger partial charge in [0, 0.05) is 0 Å². The van der Waals surface area contributed by atoms with Crippen LogP contribution in [0.4, 0.5) is 16.2 Å². The Morgan fingerprint density at radius 3 is 1.94 bits per heavy atom. The van der Waals surface area contributed by atoms with Crippen LogP contribution < -0.4 is 19.3 Å². The van der Waals surface area contributed by atoms with Gasteiger partial charge in [-0.25, -0.2) is 14.6 Å². The van der Waals surface area contributed by atoms with Gasteiger partial charge in [-0.15, -0.1) is 6.42 Å². The van der Waals surface area contributed by atoms with Crippen LogP contribution in [0.25, 0.3) is 6.08 Å². The Labute approximate surface area is 222 Å². The SMILES string of the molecule is C#CCOc1c(I)cc(C=C2C(=O)N(c3ccccc3)C(=O)N(c3ccccc3)C2=O)cc1OCC. The highest BCUT2D eigenvalue weighted by molar-refractivity contribution is 14.1. The van der Waals surface area contributed by atoms with Gasteiger partial charge in [-0.05, 0) is 77.6 Å². The number of terminal acetylenes is 1. The average molecular weight is 592 g/mol. The van der Waals surface area contributed by atoms with Crippen LogP contribution in [0.15, 0.2) is 78.4 Å². The van der Waals surface area contributed by atoms with Crippen molar-refractivity contribution in [3.05, 3.63) is 87.5 Å². The van der Waals surface area contributed by atoms with Crippen LogP contribution >= 0.6 is 22.6 Å². The summed E-state index contributed by atoms with van der Waals surface area (Å²) in [5.41, 5.74) is 1.07. The lowest BCUT2D eigenvalue weighted by molar-refractivity contribution is -0.121. The van der Waals surface area contributed by atoms with Crippen molar-refractivity contribution < 1.29 is 23.9 Å². The van der Waals surface area contributed by atoms with E-state index in [1.54, 1.807) is 72.8 Å². The number of urea groups is 1. The highest BCUT2D eigenvalue weighted by Crippen LogP contribution is 2.36. The van der Waals surface area contributed by atoms with Crippen LogP contribution in [0, 0.1) is 15.9 Å². The Morgan fingerprint density at radius 1 is 0.889 bits per heavy atom. The molecule has 0 aliphatic carbocycles. The number of carbonyl (C=O) groups is 3. The first-order valence-electron chi connectivity index (χ1n) is 11.0. The summed E-state index contributed by atoms with van der Waals surface area (Å²) in [5.74, 6) is 1.89. The molecule has 0 N–H and O–H groups in total. The van der Waals surface area contributed by atoms with Crippen molar-refractivity contribution in [3.8, 4) is 23.8 Å². The number of anilines is 2. The normalized spacial score (nSPS) is 13.5. The molecule has 0 atom stereocenters. The van der Waals surface area contributed by atoms with Gasteiger partial charge < -0.3 is 9.47 Å². The lowest BCUT2D eigenvalue weighted by Crippen LogP contribution is -2.57. The molecule has 0 spiro atoms. The van der Waals surface area contributed by atoms with Crippen molar-refractivity contribution >= 4 is 57.9 Å². The number of benzene rings is 3. The second kappa shape index (κ2) is 11.1. The Balaban J connectivity index is 1.85. The molecule has 4 amide bonds. The van der Waals surface area contributed by atoms with Crippen molar-refractivity contribution in [3.63, 3.8) is 0 Å². The van der Waals surface area contributed by atoms with E-state index in [2.05, 4.69) is 28.5 Å². The minimum Gasteiger partial charge on any atom is -0.490 e. The van der Waals surface area contributed by atoms with Gasteiger partial charge in [-0.2, -0.15) is 0 Å². The van der Waals surface area contributed by atoms with E-state index in [0.29, 0.717) is 38.6 Å². The number of rotatable bonds is 7. The molecule has 1 saturated heterocycles. The molecule has 0 radical (unpaired) electrons. The predicted octanol–water partition coefficient (Wildman–Crippen LogP) is 5.29. The van der Waals surface area contributed by atoms with E-state index in [9.17, 15) is 14.4 Å². The molecule has 0 unspecified atom stereocenters. The topological polar surface area (TPSA) is 76.2 Å². The fraction of sp³-hybridized carbons (Fsp3) is 0.107. The molecular weight excluding hydrogens is 571 g/mol. The summed E-state index contributed by atoms with van der Waals surface area (Å²) >= 11 is 2.08. The predicted molar refractivity (Wildman–Crippen MR) is 146 cm³/mol. The number of ether oxygens (including phenoxy) is 2. The quantitative estimate of drug-likeness (QED) is 0.162. The summed E-state index contributed by atoms with van der Waals surface area (Å²) in [6.07, 6.45) is 6.79. The van der Waals surface area contributed by atoms with Crippen LogP contribution in [0.2, 0.25) is 0 Å². The number of barbiturate groups is 1. The van der Waals surface area contributed by atoms with Crippen LogP contribution in [0.1, 0.15) is 12.5 Å². The Kier molecular flexibility index (Phi) is 7.71. The number of para-hydroxylation sites is 2. The van der Waals surface area contributed by atoms with Crippen molar-refractivity contribution in [1.29, 1.82) is 0 Å². The molecule has 1 aliphatic rings. The van der Waals surface area contributed by atoms with E-state index in [1.807, 2.05) is 6.92 Å². The smallest absolute Gasteiger partial charge is 0.343 e. The summed E-state index contributed by atoms with van der Waals surface area (Å²) < 4.78 is 12.0. The largest absolute Gasteiger partial charge is 0.490 e. The number of amides is 4. The first kappa shape index (κ1) is 25.0. The third-order valence-electron chi connectivity index (χ3n) is 5.22. The number of carbonyl (C=O) groups excluding carboxylic acids is 3. The van der Waals surface area contributed by atoms with E-state index in [4.69, 9.17) is 15.9 Å². The fourth-order valence-electron chi connectivity index (χ4n) is 3.69. The third-order valence-corrected chi connectivity index (χ3v) is 6.02. The van der Waals surface area contributed by atoms with Crippen molar-refractivity contribution in [2.45, 2.75) is 6.92 Å². The molecule has 1 heterocycles. The monoisotopic (exact) mass is 592 g/mol. The molecule has 36 heavy (non-hydrogen) atoms. The molecule has 0 saturated carbocycles. The second-order valence-electron chi connectivity index (χ2n) is 7.55. The third kappa shape index (κ3) is 4.97. The second-order valence-corrected chi connectivity index (χ2v) is 8.71. The zero-order chi connectivity index (χ0) is 25.7. The van der Waals surface area contributed by atoms with E-state index in [1.165, 1.54) is 6.08 Å². The Hall–Kier alpha value is -4.10. The lowest BCUT2D eigenvalue weighted by atomic mass is 10.0. The number of hydrogen-bond donors (Lipinski definition) is 0. The molecular formula is C28H21IN2O5. The summed E-state index contributed by atoms with van der Waals surface area (Å²) in [5, 5.41) is 0. The van der Waals surface area contributed by atoms with Crippen LogP contribution in [-0.4, -0.2) is 31.1 Å². The maximum absolute atomic E-state index is 13.5. The maximum Gasteiger partial charge on any atom is 0.343 e.